The second-order valence-corrected chi connectivity index (χ2v) is 17.5. The summed E-state index contributed by atoms with van der Waals surface area (Å²) < 4.78 is 33.7. The Morgan fingerprint density at radius 3 is 1.71 bits per heavy atom. The van der Waals surface area contributed by atoms with Crippen LogP contribution >= 0.6 is 7.82 Å². The van der Waals surface area contributed by atoms with Gasteiger partial charge in [-0.05, 0) is 38.5 Å². The molecule has 4 atom stereocenters. The van der Waals surface area contributed by atoms with Crippen molar-refractivity contribution in [2.45, 2.75) is 167 Å². The van der Waals surface area contributed by atoms with Gasteiger partial charge in [-0.2, -0.15) is 0 Å². The Morgan fingerprint density at radius 2 is 1.17 bits per heavy atom. The molecule has 0 saturated carbocycles. The smallest absolute Gasteiger partial charge is 0.306 e. The van der Waals surface area contributed by atoms with Crippen molar-refractivity contribution < 1.29 is 52.3 Å². The van der Waals surface area contributed by atoms with Gasteiger partial charge in [-0.15, -0.1) is 0 Å². The van der Waals surface area contributed by atoms with Gasteiger partial charge in [-0.25, -0.2) is 0 Å². The van der Waals surface area contributed by atoms with Gasteiger partial charge >= 0.3 is 11.9 Å². The summed E-state index contributed by atoms with van der Waals surface area (Å²) in [5.74, 6) is -1.00. The molecule has 11 nitrogen and oxygen atoms in total. The van der Waals surface area contributed by atoms with Crippen molar-refractivity contribution in [3.05, 3.63) is 72.9 Å². The Hall–Kier alpha value is -2.63. The fourth-order valence-corrected chi connectivity index (χ4v) is 6.35. The number of carbonyl (C=O) groups is 2. The standard InChI is InChI=1S/C47H82NO10P/c1-6-8-10-11-12-13-14-15-16-17-18-19-23-31-37-46(51)55-41-45(42-57-59(53,54)56-40-39-48(3,4)5)58-47(52)38-32-24-21-20-22-28-34-44(50)36-30-26-25-29-35-43(49)33-27-9-7-2/h9,21-22,24-30,35-36,43-45,49-50H,6-8,10-20,23,31-34,37-42H2,1-5H3/b24-21-,26-25-,27-9-,28-22-,35-29+,36-30+/t43-,44+,45+/m0/s1. The van der Waals surface area contributed by atoms with Crippen molar-refractivity contribution in [1.82, 2.24) is 0 Å². The maximum Gasteiger partial charge on any atom is 0.306 e. The Balaban J connectivity index is 4.60. The van der Waals surface area contributed by atoms with Gasteiger partial charge in [-0.1, -0.05) is 170 Å². The minimum absolute atomic E-state index is 0.0415. The molecule has 0 spiro atoms. The highest BCUT2D eigenvalue weighted by atomic mass is 31.2. The van der Waals surface area contributed by atoms with E-state index in [0.717, 1.165) is 25.7 Å². The molecule has 2 N–H and O–H groups in total. The Morgan fingerprint density at radius 1 is 0.644 bits per heavy atom. The van der Waals surface area contributed by atoms with Crippen molar-refractivity contribution in [3.63, 3.8) is 0 Å². The Labute approximate surface area is 358 Å². The average molecular weight is 852 g/mol. The predicted octanol–water partition coefficient (Wildman–Crippen LogP) is 9.94. The summed E-state index contributed by atoms with van der Waals surface area (Å²) in [6, 6.07) is 0. The number of quaternary nitrogens is 1. The summed E-state index contributed by atoms with van der Waals surface area (Å²) in [6.07, 6.45) is 40.1. The number of aliphatic hydroxyl groups is 2. The SMILES string of the molecule is CC/C=C\C[C@H](O)/C=C/C=C\C=C\[C@H](O)C/C=C\C/C=C\CCC(=O)O[C@H](COC(=O)CCCCCCCCCCCCCCCC)COP(=O)([O-])OCC[N+](C)(C)C. The summed E-state index contributed by atoms with van der Waals surface area (Å²) in [5.41, 5.74) is 0. The molecule has 0 saturated heterocycles. The molecule has 0 aromatic rings. The molecule has 0 aliphatic heterocycles. The second kappa shape index (κ2) is 38.3. The van der Waals surface area contributed by atoms with E-state index in [-0.39, 0.29) is 26.1 Å². The molecule has 0 aliphatic rings. The van der Waals surface area contributed by atoms with Crippen LogP contribution in [0, 0.1) is 0 Å². The van der Waals surface area contributed by atoms with E-state index in [1.54, 1.807) is 36.5 Å². The lowest BCUT2D eigenvalue weighted by Gasteiger charge is -2.28. The summed E-state index contributed by atoms with van der Waals surface area (Å²) in [4.78, 5) is 37.5. The molecule has 59 heavy (non-hydrogen) atoms. The molecule has 0 aromatic heterocycles. The van der Waals surface area contributed by atoms with Crippen LogP contribution in [0.1, 0.15) is 149 Å². The van der Waals surface area contributed by atoms with Gasteiger partial charge < -0.3 is 38.1 Å². The summed E-state index contributed by atoms with van der Waals surface area (Å²) in [7, 11) is 1.04. The van der Waals surface area contributed by atoms with Gasteiger partial charge in [0.2, 0.25) is 0 Å². The summed E-state index contributed by atoms with van der Waals surface area (Å²) in [5, 5.41) is 20.0. The van der Waals surface area contributed by atoms with Crippen LogP contribution in [0.3, 0.4) is 0 Å². The van der Waals surface area contributed by atoms with Crippen molar-refractivity contribution in [1.29, 1.82) is 0 Å². The number of ether oxygens (including phenoxy) is 2. The lowest BCUT2D eigenvalue weighted by Crippen LogP contribution is -2.37. The number of carbonyl (C=O) groups excluding carboxylic acids is 2. The Kier molecular flexibility index (Phi) is 36.6. The van der Waals surface area contributed by atoms with Crippen LogP contribution < -0.4 is 4.89 Å². The van der Waals surface area contributed by atoms with Gasteiger partial charge in [-0.3, -0.25) is 14.2 Å². The molecule has 1 unspecified atom stereocenters. The van der Waals surface area contributed by atoms with Crippen LogP contribution in [0.15, 0.2) is 72.9 Å². The minimum Gasteiger partial charge on any atom is -0.756 e. The number of likely N-dealkylation sites (N-methyl/N-ethyl adjacent to an activating group) is 1. The van der Waals surface area contributed by atoms with Crippen LogP contribution in [0.5, 0.6) is 0 Å². The summed E-state index contributed by atoms with van der Waals surface area (Å²) in [6.45, 7) is 3.82. The number of aliphatic hydroxyl groups excluding tert-OH is 2. The van der Waals surface area contributed by atoms with Crippen LogP contribution in [0.4, 0.5) is 0 Å². The number of phosphoric acid groups is 1. The quantitative estimate of drug-likeness (QED) is 0.0153. The number of esters is 2. The first-order valence-corrected chi connectivity index (χ1v) is 23.8. The highest BCUT2D eigenvalue weighted by Gasteiger charge is 2.21. The van der Waals surface area contributed by atoms with E-state index in [9.17, 15) is 29.3 Å². The number of rotatable bonds is 39. The predicted molar refractivity (Wildman–Crippen MR) is 238 cm³/mol. The maximum absolute atomic E-state index is 12.7. The molecule has 0 heterocycles. The molecule has 0 radical (unpaired) electrons. The number of hydrogen-bond donors (Lipinski definition) is 2. The van der Waals surface area contributed by atoms with Gasteiger partial charge in [0.05, 0.1) is 40.0 Å². The molecule has 0 amide bonds. The second-order valence-electron chi connectivity index (χ2n) is 16.1. The van der Waals surface area contributed by atoms with Crippen LogP contribution in [-0.4, -0.2) is 92.5 Å². The van der Waals surface area contributed by atoms with E-state index in [1.807, 2.05) is 64.5 Å². The fraction of sp³-hybridized carbons (Fsp3) is 0.702. The van der Waals surface area contributed by atoms with Crippen LogP contribution in [0.25, 0.3) is 0 Å². The van der Waals surface area contributed by atoms with Gasteiger partial charge in [0, 0.05) is 12.8 Å². The number of unbranched alkanes of at least 4 members (excludes halogenated alkanes) is 13. The van der Waals surface area contributed by atoms with Gasteiger partial charge in [0.25, 0.3) is 7.82 Å². The number of phosphoric ester groups is 1. The molecule has 0 aliphatic carbocycles. The first kappa shape index (κ1) is 56.4. The zero-order valence-corrected chi connectivity index (χ0v) is 38.3. The zero-order chi connectivity index (χ0) is 43.9. The van der Waals surface area contributed by atoms with Crippen molar-refractivity contribution >= 4 is 19.8 Å². The van der Waals surface area contributed by atoms with Crippen molar-refractivity contribution in [2.75, 3.05) is 47.5 Å². The van der Waals surface area contributed by atoms with Crippen molar-refractivity contribution in [2.24, 2.45) is 0 Å². The highest BCUT2D eigenvalue weighted by molar-refractivity contribution is 7.45. The number of hydrogen-bond acceptors (Lipinski definition) is 10. The highest BCUT2D eigenvalue weighted by Crippen LogP contribution is 2.38. The number of nitrogens with zero attached hydrogens (tertiary/aromatic N) is 1. The maximum atomic E-state index is 12.7. The van der Waals surface area contributed by atoms with E-state index < -0.39 is 44.7 Å². The molecule has 0 fully saturated rings. The number of allylic oxidation sites excluding steroid dienone is 8. The van der Waals surface area contributed by atoms with E-state index in [0.29, 0.717) is 43.1 Å². The Bertz CT molecular complexity index is 1270. The van der Waals surface area contributed by atoms with E-state index >= 15 is 0 Å². The van der Waals surface area contributed by atoms with E-state index in [2.05, 4.69) is 6.92 Å². The fourth-order valence-electron chi connectivity index (χ4n) is 5.62. The molecular weight excluding hydrogens is 769 g/mol. The minimum atomic E-state index is -4.68. The van der Waals surface area contributed by atoms with Gasteiger partial charge in [0.1, 0.15) is 19.8 Å². The zero-order valence-electron chi connectivity index (χ0n) is 37.4. The molecule has 0 rings (SSSR count). The van der Waals surface area contributed by atoms with E-state index in [4.69, 9.17) is 18.5 Å². The molecule has 0 aromatic carbocycles. The van der Waals surface area contributed by atoms with E-state index in [1.165, 1.54) is 64.2 Å². The molecule has 0 bridgehead atoms. The molecular formula is C47H82NO10P. The van der Waals surface area contributed by atoms with Gasteiger partial charge in [0.15, 0.2) is 6.10 Å². The third kappa shape index (κ3) is 41.9. The molecule has 12 heteroatoms. The monoisotopic (exact) mass is 852 g/mol. The third-order valence-corrected chi connectivity index (χ3v) is 10.1. The lowest BCUT2D eigenvalue weighted by atomic mass is 10.0. The molecule has 340 valence electrons. The third-order valence-electron chi connectivity index (χ3n) is 9.17. The largest absolute Gasteiger partial charge is 0.756 e. The topological polar surface area (TPSA) is 152 Å². The summed E-state index contributed by atoms with van der Waals surface area (Å²) >= 11 is 0. The van der Waals surface area contributed by atoms with Crippen molar-refractivity contribution in [3.8, 4) is 0 Å². The average Bonchev–Trinajstić information content (AvgIpc) is 3.17. The van der Waals surface area contributed by atoms with Crippen LogP contribution in [-0.2, 0) is 32.7 Å². The first-order valence-electron chi connectivity index (χ1n) is 22.4. The normalized spacial score (nSPS) is 15.3. The van der Waals surface area contributed by atoms with Crippen LogP contribution in [0.2, 0.25) is 0 Å². The first-order chi connectivity index (χ1) is 28.3. The lowest BCUT2D eigenvalue weighted by molar-refractivity contribution is -0.870.